The Balaban J connectivity index is 2.17. The molecule has 3 rings (SSSR count). The molecule has 0 amide bonds. The monoisotopic (exact) mass is 253 g/mol. The Kier molecular flexibility index (Phi) is 2.60. The van der Waals surface area contributed by atoms with Gasteiger partial charge >= 0.3 is 0 Å². The van der Waals surface area contributed by atoms with Crippen LogP contribution in [0.4, 0.5) is 4.39 Å². The van der Waals surface area contributed by atoms with Crippen molar-refractivity contribution in [3.63, 3.8) is 0 Å². The Morgan fingerprint density at radius 1 is 1.35 bits per heavy atom. The summed E-state index contributed by atoms with van der Waals surface area (Å²) in [5.41, 5.74) is 1.74. The molecule has 2 nitrogen and oxygen atoms in total. The number of hydrogen-bond donors (Lipinski definition) is 1. The molecule has 0 bridgehead atoms. The van der Waals surface area contributed by atoms with Crippen LogP contribution in [0.5, 0.6) is 0 Å². The van der Waals surface area contributed by atoms with E-state index in [1.807, 2.05) is 6.07 Å². The van der Waals surface area contributed by atoms with E-state index in [0.29, 0.717) is 5.92 Å². The first kappa shape index (κ1) is 11.1. The van der Waals surface area contributed by atoms with Crippen LogP contribution in [0.25, 0.3) is 10.9 Å². The molecule has 0 atom stereocenters. The zero-order valence-electron chi connectivity index (χ0n) is 9.29. The van der Waals surface area contributed by atoms with Gasteiger partial charge in [-0.15, -0.1) is 0 Å². The molecular formula is C13H13ClFNO. The molecule has 90 valence electrons. The highest BCUT2D eigenvalue weighted by molar-refractivity contribution is 6.31. The van der Waals surface area contributed by atoms with E-state index in [9.17, 15) is 9.50 Å². The molecule has 1 aliphatic carbocycles. The third-order valence-corrected chi connectivity index (χ3v) is 3.62. The van der Waals surface area contributed by atoms with Gasteiger partial charge in [-0.3, -0.25) is 0 Å². The van der Waals surface area contributed by atoms with Gasteiger partial charge in [-0.25, -0.2) is 4.39 Å². The SMILES string of the molecule is OCc1cc2cc(F)c(Cl)cc2n1CC1CC1. The number of nitrogens with zero attached hydrogens (tertiary/aromatic N) is 1. The molecule has 1 aromatic heterocycles. The van der Waals surface area contributed by atoms with Crippen LogP contribution < -0.4 is 0 Å². The van der Waals surface area contributed by atoms with Crippen molar-refractivity contribution in [3.8, 4) is 0 Å². The predicted octanol–water partition coefficient (Wildman–Crippen LogP) is 3.34. The topological polar surface area (TPSA) is 25.2 Å². The second-order valence-electron chi connectivity index (χ2n) is 4.67. The molecule has 0 unspecified atom stereocenters. The maximum atomic E-state index is 13.4. The lowest BCUT2D eigenvalue weighted by Crippen LogP contribution is -2.04. The van der Waals surface area contributed by atoms with Crippen LogP contribution in [0.3, 0.4) is 0 Å². The van der Waals surface area contributed by atoms with E-state index in [2.05, 4.69) is 4.57 Å². The highest BCUT2D eigenvalue weighted by Crippen LogP contribution is 2.34. The average molecular weight is 254 g/mol. The van der Waals surface area contributed by atoms with Crippen molar-refractivity contribution in [2.45, 2.75) is 26.0 Å². The van der Waals surface area contributed by atoms with Gasteiger partial charge in [0, 0.05) is 23.1 Å². The Morgan fingerprint density at radius 2 is 2.12 bits per heavy atom. The summed E-state index contributed by atoms with van der Waals surface area (Å²) < 4.78 is 15.4. The lowest BCUT2D eigenvalue weighted by molar-refractivity contribution is 0.270. The van der Waals surface area contributed by atoms with Gasteiger partial charge in [-0.1, -0.05) is 11.6 Å². The summed E-state index contributed by atoms with van der Waals surface area (Å²) in [6, 6.07) is 4.91. The number of aliphatic hydroxyl groups is 1. The number of aromatic nitrogens is 1. The van der Waals surface area contributed by atoms with E-state index in [4.69, 9.17) is 11.6 Å². The minimum absolute atomic E-state index is 0.0271. The zero-order valence-corrected chi connectivity index (χ0v) is 10.0. The van der Waals surface area contributed by atoms with E-state index in [-0.39, 0.29) is 11.6 Å². The number of halogens is 2. The molecule has 1 fully saturated rings. The second-order valence-corrected chi connectivity index (χ2v) is 5.08. The summed E-state index contributed by atoms with van der Waals surface area (Å²) in [5.74, 6) is 0.284. The number of aliphatic hydroxyl groups excluding tert-OH is 1. The van der Waals surface area contributed by atoms with Gasteiger partial charge < -0.3 is 9.67 Å². The van der Waals surface area contributed by atoms with E-state index < -0.39 is 5.82 Å². The molecule has 1 aliphatic rings. The van der Waals surface area contributed by atoms with Gasteiger partial charge in [-0.05, 0) is 37.0 Å². The predicted molar refractivity (Wildman–Crippen MR) is 65.6 cm³/mol. The molecule has 1 aromatic carbocycles. The summed E-state index contributed by atoms with van der Waals surface area (Å²) in [6.07, 6.45) is 2.47. The molecular weight excluding hydrogens is 241 g/mol. The molecule has 1 heterocycles. The smallest absolute Gasteiger partial charge is 0.142 e. The van der Waals surface area contributed by atoms with Crippen LogP contribution >= 0.6 is 11.6 Å². The van der Waals surface area contributed by atoms with Crippen LogP contribution in [-0.2, 0) is 13.2 Å². The Bertz CT molecular complexity index is 574. The van der Waals surface area contributed by atoms with Crippen LogP contribution in [0.1, 0.15) is 18.5 Å². The van der Waals surface area contributed by atoms with Crippen molar-refractivity contribution in [1.82, 2.24) is 4.57 Å². The molecule has 0 aliphatic heterocycles. The highest BCUT2D eigenvalue weighted by Gasteiger charge is 2.23. The van der Waals surface area contributed by atoms with Crippen molar-refractivity contribution in [1.29, 1.82) is 0 Å². The molecule has 0 spiro atoms. The van der Waals surface area contributed by atoms with Crippen molar-refractivity contribution < 1.29 is 9.50 Å². The Labute approximate surface area is 104 Å². The van der Waals surface area contributed by atoms with Crippen molar-refractivity contribution in [2.75, 3.05) is 0 Å². The molecule has 17 heavy (non-hydrogen) atoms. The molecule has 0 saturated heterocycles. The average Bonchev–Trinajstić information content (AvgIpc) is 3.06. The highest BCUT2D eigenvalue weighted by atomic mass is 35.5. The summed E-state index contributed by atoms with van der Waals surface area (Å²) in [4.78, 5) is 0. The largest absolute Gasteiger partial charge is 0.390 e. The van der Waals surface area contributed by atoms with Crippen molar-refractivity contribution in [2.24, 2.45) is 5.92 Å². The fourth-order valence-electron chi connectivity index (χ4n) is 2.22. The summed E-state index contributed by atoms with van der Waals surface area (Å²) in [5, 5.41) is 10.3. The first-order chi connectivity index (χ1) is 8.19. The van der Waals surface area contributed by atoms with Gasteiger partial charge in [0.05, 0.1) is 11.6 Å². The van der Waals surface area contributed by atoms with Gasteiger partial charge in [0.15, 0.2) is 0 Å². The standard InChI is InChI=1S/C13H13ClFNO/c14-11-5-13-9(4-12(11)15)3-10(7-17)16(13)6-8-1-2-8/h3-5,8,17H,1-2,6-7H2. The van der Waals surface area contributed by atoms with Gasteiger partial charge in [-0.2, -0.15) is 0 Å². The van der Waals surface area contributed by atoms with E-state index in [0.717, 1.165) is 23.1 Å². The second kappa shape index (κ2) is 4.00. The van der Waals surface area contributed by atoms with Crippen LogP contribution in [0.2, 0.25) is 5.02 Å². The van der Waals surface area contributed by atoms with E-state index >= 15 is 0 Å². The fourth-order valence-corrected chi connectivity index (χ4v) is 2.38. The van der Waals surface area contributed by atoms with E-state index in [1.165, 1.54) is 18.9 Å². The molecule has 4 heteroatoms. The van der Waals surface area contributed by atoms with Gasteiger partial charge in [0.25, 0.3) is 0 Å². The fraction of sp³-hybridized carbons (Fsp3) is 0.385. The summed E-state index contributed by atoms with van der Waals surface area (Å²) in [7, 11) is 0. The maximum Gasteiger partial charge on any atom is 0.142 e. The summed E-state index contributed by atoms with van der Waals surface area (Å²) in [6.45, 7) is 0.863. The number of rotatable bonds is 3. The van der Waals surface area contributed by atoms with Crippen LogP contribution in [0.15, 0.2) is 18.2 Å². The van der Waals surface area contributed by atoms with Crippen LogP contribution in [0, 0.1) is 11.7 Å². The van der Waals surface area contributed by atoms with Crippen LogP contribution in [-0.4, -0.2) is 9.67 Å². The Hall–Kier alpha value is -1.06. The Morgan fingerprint density at radius 3 is 2.76 bits per heavy atom. The third-order valence-electron chi connectivity index (χ3n) is 3.33. The molecule has 2 aromatic rings. The summed E-state index contributed by atoms with van der Waals surface area (Å²) >= 11 is 5.81. The first-order valence-corrected chi connectivity index (χ1v) is 6.15. The minimum atomic E-state index is -0.410. The van der Waals surface area contributed by atoms with Gasteiger partial charge in [0.2, 0.25) is 0 Å². The number of fused-ring (bicyclic) bond motifs is 1. The van der Waals surface area contributed by atoms with Crippen molar-refractivity contribution in [3.05, 3.63) is 34.7 Å². The molecule has 1 saturated carbocycles. The molecule has 1 N–H and O–H groups in total. The maximum absolute atomic E-state index is 13.4. The quantitative estimate of drug-likeness (QED) is 0.892. The minimum Gasteiger partial charge on any atom is -0.390 e. The van der Waals surface area contributed by atoms with Gasteiger partial charge in [0.1, 0.15) is 5.82 Å². The zero-order chi connectivity index (χ0) is 12.0. The lowest BCUT2D eigenvalue weighted by atomic mass is 10.2. The number of hydrogen-bond acceptors (Lipinski definition) is 1. The van der Waals surface area contributed by atoms with Crippen molar-refractivity contribution >= 4 is 22.5 Å². The molecule has 0 radical (unpaired) electrons. The lowest BCUT2D eigenvalue weighted by Gasteiger charge is -2.08. The number of benzene rings is 1. The third kappa shape index (κ3) is 1.94. The van der Waals surface area contributed by atoms with E-state index in [1.54, 1.807) is 6.07 Å². The first-order valence-electron chi connectivity index (χ1n) is 5.77. The normalized spacial score (nSPS) is 15.7.